The zero-order valence-corrected chi connectivity index (χ0v) is 35.4. The lowest BCUT2D eigenvalue weighted by atomic mass is 10.1. The highest BCUT2D eigenvalue weighted by molar-refractivity contribution is 7.46. The topological polar surface area (TPSA) is 295 Å². The Labute approximate surface area is 353 Å². The van der Waals surface area contributed by atoms with Crippen LogP contribution in [0.15, 0.2) is 48.6 Å². The number of aryl methyl sites for hydroxylation is 4. The van der Waals surface area contributed by atoms with E-state index in [9.17, 15) is 23.7 Å². The molecule has 0 saturated heterocycles. The minimum Gasteiger partial charge on any atom is -0.491 e. The Kier molecular flexibility index (Phi) is 12.0. The van der Waals surface area contributed by atoms with E-state index in [4.69, 9.17) is 36.0 Å². The van der Waals surface area contributed by atoms with Gasteiger partial charge in [0.05, 0.1) is 52.9 Å². The first kappa shape index (κ1) is 43.2. The van der Waals surface area contributed by atoms with E-state index in [1.807, 2.05) is 42.5 Å². The number of hydrogen-bond donors (Lipinski definition) is 6. The lowest BCUT2D eigenvalue weighted by molar-refractivity contribution is 0.0992. The molecule has 6 aromatic rings. The van der Waals surface area contributed by atoms with Gasteiger partial charge in [0.25, 0.3) is 11.8 Å². The number of rotatable bonds is 17. The normalized spacial score (nSPS) is 14.0. The molecule has 4 amide bonds. The number of hydrogen-bond acceptors (Lipinski definition) is 12. The van der Waals surface area contributed by atoms with Crippen molar-refractivity contribution in [2.75, 3.05) is 42.3 Å². The smallest absolute Gasteiger partial charge is 0.469 e. The number of nitrogens with zero attached hydrogens (tertiary/aromatic N) is 9. The third kappa shape index (κ3) is 8.79. The maximum absolute atomic E-state index is 13.8. The zero-order valence-electron chi connectivity index (χ0n) is 34.5. The maximum Gasteiger partial charge on any atom is 0.469 e. The van der Waals surface area contributed by atoms with Gasteiger partial charge in [0.2, 0.25) is 23.7 Å². The van der Waals surface area contributed by atoms with E-state index in [-0.39, 0.29) is 66.2 Å². The van der Waals surface area contributed by atoms with E-state index in [2.05, 4.69) is 25.4 Å². The molecule has 1 atom stereocenters. The molecule has 8 N–H and O–H groups in total. The number of ether oxygens (including phenoxy) is 1. The summed E-state index contributed by atoms with van der Waals surface area (Å²) >= 11 is 0. The highest BCUT2D eigenvalue weighted by Crippen LogP contribution is 2.39. The Bertz CT molecular complexity index is 2830. The van der Waals surface area contributed by atoms with Crippen LogP contribution in [-0.2, 0) is 28.7 Å². The molecule has 0 fully saturated rings. The predicted octanol–water partition coefficient (Wildman–Crippen LogP) is 3.26. The van der Waals surface area contributed by atoms with Crippen molar-refractivity contribution >= 4 is 71.1 Å². The SMILES string of the molecule is CCn1nc(C)cc1C(=O)Nc1nc2cc(C(N)=O)cc(OCCCOP(=O)(O)O)c2n1C/C=C/[C@H]1CN(C)c2cc(C(N)=O)cc3nc(NC(=O)c4cc(C)nn4CC)n1c23. The van der Waals surface area contributed by atoms with Crippen molar-refractivity contribution in [3.63, 3.8) is 0 Å². The summed E-state index contributed by atoms with van der Waals surface area (Å²) in [5, 5.41) is 14.6. The molecule has 0 unspecified atom stereocenters. The number of benzene rings is 2. The van der Waals surface area contributed by atoms with Gasteiger partial charge in [-0.25, -0.2) is 14.5 Å². The first-order chi connectivity index (χ1) is 29.5. The summed E-state index contributed by atoms with van der Waals surface area (Å²) in [6.07, 6.45) is 3.82. The fraction of sp³-hybridized carbons (Fsp3) is 0.333. The molecule has 5 heterocycles. The summed E-state index contributed by atoms with van der Waals surface area (Å²) in [6, 6.07) is 9.03. The number of nitrogens with one attached hydrogen (secondary N) is 2. The number of imidazole rings is 2. The summed E-state index contributed by atoms with van der Waals surface area (Å²) < 4.78 is 28.6. The molecule has 2 aromatic carbocycles. The number of likely N-dealkylation sites (N-methyl/N-ethyl adjacent to an activating group) is 1. The molecule has 1 aliphatic rings. The van der Waals surface area contributed by atoms with Crippen LogP contribution in [-0.4, -0.2) is 98.9 Å². The second kappa shape index (κ2) is 17.2. The summed E-state index contributed by atoms with van der Waals surface area (Å²) in [4.78, 5) is 82.0. The van der Waals surface area contributed by atoms with Crippen LogP contribution in [0.4, 0.5) is 17.6 Å². The van der Waals surface area contributed by atoms with Crippen LogP contribution in [0.1, 0.15) is 79.4 Å². The Hall–Kier alpha value is -6.87. The molecule has 4 aromatic heterocycles. The second-order valence-corrected chi connectivity index (χ2v) is 15.8. The third-order valence-electron chi connectivity index (χ3n) is 10.1. The first-order valence-corrected chi connectivity index (χ1v) is 21.1. The molecule has 22 nitrogen and oxygen atoms in total. The van der Waals surface area contributed by atoms with Crippen LogP contribution in [0, 0.1) is 13.8 Å². The summed E-state index contributed by atoms with van der Waals surface area (Å²) in [7, 11) is -2.85. The fourth-order valence-corrected chi connectivity index (χ4v) is 7.80. The van der Waals surface area contributed by atoms with Gasteiger partial charge in [-0.15, -0.1) is 0 Å². The molecule has 0 radical (unpaired) electrons. The van der Waals surface area contributed by atoms with E-state index < -0.39 is 37.5 Å². The number of carbonyl (C=O) groups is 4. The van der Waals surface area contributed by atoms with Gasteiger partial charge in [-0.1, -0.05) is 12.2 Å². The lowest BCUT2D eigenvalue weighted by Crippen LogP contribution is -2.32. The van der Waals surface area contributed by atoms with Crippen LogP contribution >= 0.6 is 7.82 Å². The highest BCUT2D eigenvalue weighted by Gasteiger charge is 2.30. The molecule has 0 spiro atoms. The van der Waals surface area contributed by atoms with Gasteiger partial charge in [-0.2, -0.15) is 10.2 Å². The second-order valence-electron chi connectivity index (χ2n) is 14.6. The Morgan fingerprint density at radius 3 is 1.98 bits per heavy atom. The Morgan fingerprint density at radius 2 is 1.40 bits per heavy atom. The van der Waals surface area contributed by atoms with Crippen molar-refractivity contribution in [3.8, 4) is 5.75 Å². The van der Waals surface area contributed by atoms with E-state index in [0.29, 0.717) is 59.0 Å². The van der Waals surface area contributed by atoms with Crippen molar-refractivity contribution in [3.05, 3.63) is 82.5 Å². The highest BCUT2D eigenvalue weighted by atomic mass is 31.2. The number of phosphoric acid groups is 1. The van der Waals surface area contributed by atoms with Crippen LogP contribution in [0.3, 0.4) is 0 Å². The first-order valence-electron chi connectivity index (χ1n) is 19.6. The van der Waals surface area contributed by atoms with Crippen molar-refractivity contribution in [2.24, 2.45) is 11.5 Å². The Balaban J connectivity index is 1.30. The minimum absolute atomic E-state index is 0.0657. The summed E-state index contributed by atoms with van der Waals surface area (Å²) in [6.45, 7) is 8.24. The van der Waals surface area contributed by atoms with E-state index >= 15 is 0 Å². The molecule has 0 saturated carbocycles. The molecule has 326 valence electrons. The van der Waals surface area contributed by atoms with Gasteiger partial charge in [-0.3, -0.25) is 48.3 Å². The standard InChI is InChI=1S/C39H46N13O9P/c1-6-50-29(14-21(3)46-50)36(55)44-38-42-27-17-24(35(41)54)19-31(60-12-9-13-61-62(57,58)59)33(27)49(38)11-8-10-25-20-48(5)28-18-23(34(40)53)16-26-32(28)52(25)39(43-26)45-37(56)30-15-22(4)47-51(30)7-2/h8,10,14-19,25H,6-7,9,11-13,20H2,1-5H3,(H2,40,53)(H2,41,54)(H,42,44,55)(H,43,45,56)(H2,57,58,59)/b10-8+/t25-/m0/s1. The molecule has 7 rings (SSSR count). The quantitative estimate of drug-likeness (QED) is 0.0436. The number of nitrogens with two attached hydrogens (primary N) is 2. The molecular weight excluding hydrogens is 825 g/mol. The Morgan fingerprint density at radius 1 is 0.839 bits per heavy atom. The maximum atomic E-state index is 13.8. The van der Waals surface area contributed by atoms with Gasteiger partial charge >= 0.3 is 7.82 Å². The van der Waals surface area contributed by atoms with Gasteiger partial charge in [-0.05, 0) is 64.1 Å². The van der Waals surface area contributed by atoms with Crippen LogP contribution in [0.2, 0.25) is 0 Å². The fourth-order valence-electron chi connectivity index (χ4n) is 7.44. The molecule has 1 aliphatic heterocycles. The van der Waals surface area contributed by atoms with E-state index in [1.165, 1.54) is 12.1 Å². The van der Waals surface area contributed by atoms with Gasteiger partial charge in [0.1, 0.15) is 22.7 Å². The minimum atomic E-state index is -4.71. The number of phosphoric ester groups is 1. The van der Waals surface area contributed by atoms with Crippen LogP contribution < -0.4 is 31.7 Å². The van der Waals surface area contributed by atoms with Crippen molar-refractivity contribution in [2.45, 2.75) is 59.8 Å². The molecule has 23 heteroatoms. The van der Waals surface area contributed by atoms with Gasteiger partial charge < -0.3 is 35.5 Å². The number of allylic oxidation sites excluding steroid dienone is 1. The average molecular weight is 872 g/mol. The number of amides is 4. The van der Waals surface area contributed by atoms with Gasteiger partial charge in [0, 0.05) is 50.8 Å². The summed E-state index contributed by atoms with van der Waals surface area (Å²) in [5.41, 5.74) is 16.0. The molecule has 62 heavy (non-hydrogen) atoms. The van der Waals surface area contributed by atoms with Crippen molar-refractivity contribution in [1.82, 2.24) is 38.7 Å². The summed E-state index contributed by atoms with van der Waals surface area (Å²) in [5.74, 6) is -1.86. The molecular formula is C39H46N13O9P. The van der Waals surface area contributed by atoms with Crippen molar-refractivity contribution in [1.29, 1.82) is 0 Å². The van der Waals surface area contributed by atoms with E-state index in [1.54, 1.807) is 52.0 Å². The predicted molar refractivity (Wildman–Crippen MR) is 227 cm³/mol. The number of fused-ring (bicyclic) bond motifs is 1. The number of aromatic nitrogens is 8. The van der Waals surface area contributed by atoms with Crippen LogP contribution in [0.5, 0.6) is 5.75 Å². The largest absolute Gasteiger partial charge is 0.491 e. The number of primary amides is 2. The third-order valence-corrected chi connectivity index (χ3v) is 10.6. The van der Waals surface area contributed by atoms with Gasteiger partial charge in [0.15, 0.2) is 0 Å². The lowest BCUT2D eigenvalue weighted by Gasteiger charge is -2.32. The monoisotopic (exact) mass is 871 g/mol. The zero-order chi connectivity index (χ0) is 44.6. The number of carbonyl (C=O) groups excluding carboxylic acids is 4. The molecule has 0 aliphatic carbocycles. The van der Waals surface area contributed by atoms with Crippen LogP contribution in [0.25, 0.3) is 22.1 Å². The number of anilines is 3. The van der Waals surface area contributed by atoms with Crippen molar-refractivity contribution < 1.29 is 42.8 Å². The average Bonchev–Trinajstić information content (AvgIpc) is 3.98. The molecule has 0 bridgehead atoms. The van der Waals surface area contributed by atoms with E-state index in [0.717, 1.165) is 0 Å².